The number of carbonyl (C=O) groups excluding carboxylic acids is 2. The summed E-state index contributed by atoms with van der Waals surface area (Å²) in [5.74, 6) is -1.95. The molecule has 0 saturated heterocycles. The molecule has 0 amide bonds. The molecule has 1 aliphatic carbocycles. The van der Waals surface area contributed by atoms with Crippen molar-refractivity contribution in [2.24, 2.45) is 0 Å². The number of unbranched alkanes of at least 4 members (excludes halogenated alkanes) is 8. The highest BCUT2D eigenvalue weighted by Crippen LogP contribution is 2.54. The van der Waals surface area contributed by atoms with Gasteiger partial charge in [0.2, 0.25) is 0 Å². The standard InChI is InChI=1S/C54H76N4O10/c1-5-9-13-29-63-45(59)35-54(36-46(60)64-30-14-10-6-2)57-42-22-18-20-38-40(24-26-44(58-54)48(38)42)50-51(61)49(52(50)62)39-23-25-43-47-37(39)19-17-21-41(47)55-53(56-43,27-33-67-65-31-15-11-7-3)28-34-68-66-32-16-12-8-4/h17-26,49-52,55-58,61-62H,5-16,27-36H2,1-4H3. The van der Waals surface area contributed by atoms with Gasteiger partial charge in [0, 0.05) is 58.2 Å². The molecule has 2 aliphatic heterocycles. The van der Waals surface area contributed by atoms with Crippen molar-refractivity contribution in [1.29, 1.82) is 0 Å². The van der Waals surface area contributed by atoms with Gasteiger partial charge in [-0.2, -0.15) is 0 Å². The first kappa shape index (κ1) is 51.2. The van der Waals surface area contributed by atoms with Gasteiger partial charge in [0.1, 0.15) is 11.3 Å². The Kier molecular flexibility index (Phi) is 18.6. The Hall–Kier alpha value is -4.70. The van der Waals surface area contributed by atoms with Crippen molar-refractivity contribution in [2.75, 3.05) is 60.9 Å². The molecule has 2 unspecified atom stereocenters. The summed E-state index contributed by atoms with van der Waals surface area (Å²) >= 11 is 0. The molecule has 3 aliphatic rings. The molecule has 0 spiro atoms. The number of ether oxygens (including phenoxy) is 2. The van der Waals surface area contributed by atoms with Gasteiger partial charge in [-0.1, -0.05) is 115 Å². The Bertz CT molecular complexity index is 2190. The molecule has 1 saturated carbocycles. The second-order valence-corrected chi connectivity index (χ2v) is 19.0. The van der Waals surface area contributed by atoms with E-state index in [0.29, 0.717) is 52.5 Å². The van der Waals surface area contributed by atoms with Crippen LogP contribution in [0.4, 0.5) is 22.7 Å². The van der Waals surface area contributed by atoms with Crippen LogP contribution in [-0.4, -0.2) is 85.3 Å². The minimum absolute atomic E-state index is 0.103. The van der Waals surface area contributed by atoms with Crippen LogP contribution in [0, 0.1) is 0 Å². The molecule has 0 bridgehead atoms. The van der Waals surface area contributed by atoms with Crippen molar-refractivity contribution >= 4 is 56.2 Å². The zero-order valence-electron chi connectivity index (χ0n) is 40.8. The first-order valence-corrected chi connectivity index (χ1v) is 25.6. The van der Waals surface area contributed by atoms with Gasteiger partial charge in [0.15, 0.2) is 0 Å². The lowest BCUT2D eigenvalue weighted by molar-refractivity contribution is -0.301. The Morgan fingerprint density at radius 1 is 0.471 bits per heavy atom. The van der Waals surface area contributed by atoms with E-state index in [2.05, 4.69) is 61.1 Å². The molecule has 1 fully saturated rings. The summed E-state index contributed by atoms with van der Waals surface area (Å²) in [5.41, 5.74) is 3.17. The second kappa shape index (κ2) is 24.7. The predicted molar refractivity (Wildman–Crippen MR) is 268 cm³/mol. The topological polar surface area (TPSA) is 178 Å². The SMILES string of the molecule is CCCCCOOCCC1(CCOOCCCCC)Nc2cccc3c(C4C(O)C(c5ccc6c7c(cccc57)NC(CC(=O)OCCCCC)(CC(=O)OCCCCC)N6)C4O)ccc(c23)N1. The van der Waals surface area contributed by atoms with Crippen LogP contribution in [-0.2, 0) is 38.6 Å². The monoisotopic (exact) mass is 941 g/mol. The van der Waals surface area contributed by atoms with E-state index in [9.17, 15) is 19.8 Å². The third kappa shape index (κ3) is 12.2. The zero-order valence-corrected chi connectivity index (χ0v) is 40.8. The molecule has 2 heterocycles. The molecular formula is C54H76N4O10. The van der Waals surface area contributed by atoms with E-state index in [0.717, 1.165) is 132 Å². The summed E-state index contributed by atoms with van der Waals surface area (Å²) in [6, 6.07) is 19.9. The lowest BCUT2D eigenvalue weighted by atomic mass is 9.62. The van der Waals surface area contributed by atoms with Crippen LogP contribution in [0.2, 0.25) is 0 Å². The van der Waals surface area contributed by atoms with Gasteiger partial charge in [-0.05, 0) is 71.8 Å². The highest BCUT2D eigenvalue weighted by Gasteiger charge is 2.52. The second-order valence-electron chi connectivity index (χ2n) is 19.0. The van der Waals surface area contributed by atoms with Gasteiger partial charge < -0.3 is 41.0 Å². The fourth-order valence-corrected chi connectivity index (χ4v) is 10.2. The van der Waals surface area contributed by atoms with E-state index in [4.69, 9.17) is 29.0 Å². The predicted octanol–water partition coefficient (Wildman–Crippen LogP) is 11.0. The summed E-state index contributed by atoms with van der Waals surface area (Å²) in [6.45, 7) is 11.0. The van der Waals surface area contributed by atoms with E-state index < -0.39 is 47.3 Å². The maximum absolute atomic E-state index is 13.3. The number of aliphatic hydroxyl groups is 2. The normalized spacial score (nSPS) is 19.6. The smallest absolute Gasteiger partial charge is 0.310 e. The van der Waals surface area contributed by atoms with Crippen LogP contribution in [0.15, 0.2) is 60.7 Å². The quantitative estimate of drug-likeness (QED) is 0.0126. The maximum Gasteiger partial charge on any atom is 0.310 e. The number of carbonyl (C=O) groups is 2. The molecule has 372 valence electrons. The Morgan fingerprint density at radius 3 is 1.25 bits per heavy atom. The number of hydrogen-bond acceptors (Lipinski definition) is 14. The first-order chi connectivity index (χ1) is 33.2. The zero-order chi connectivity index (χ0) is 47.9. The van der Waals surface area contributed by atoms with Crippen molar-refractivity contribution in [3.05, 3.63) is 71.8 Å². The van der Waals surface area contributed by atoms with E-state index in [-0.39, 0.29) is 12.8 Å². The van der Waals surface area contributed by atoms with Gasteiger partial charge >= 0.3 is 11.9 Å². The summed E-state index contributed by atoms with van der Waals surface area (Å²) < 4.78 is 11.3. The molecule has 0 radical (unpaired) electrons. The Morgan fingerprint density at radius 2 is 0.838 bits per heavy atom. The Balaban J connectivity index is 1.09. The van der Waals surface area contributed by atoms with Crippen LogP contribution < -0.4 is 21.3 Å². The molecule has 68 heavy (non-hydrogen) atoms. The fourth-order valence-electron chi connectivity index (χ4n) is 10.2. The third-order valence-corrected chi connectivity index (χ3v) is 13.8. The van der Waals surface area contributed by atoms with Crippen molar-refractivity contribution in [3.63, 3.8) is 0 Å². The molecule has 7 rings (SSSR count). The van der Waals surface area contributed by atoms with Gasteiger partial charge in [-0.25, -0.2) is 19.6 Å². The highest BCUT2D eigenvalue weighted by atomic mass is 17.2. The molecule has 14 nitrogen and oxygen atoms in total. The third-order valence-electron chi connectivity index (χ3n) is 13.8. The summed E-state index contributed by atoms with van der Waals surface area (Å²) in [7, 11) is 0. The van der Waals surface area contributed by atoms with Gasteiger partial charge in [0.05, 0.1) is 64.7 Å². The van der Waals surface area contributed by atoms with Gasteiger partial charge in [-0.3, -0.25) is 9.59 Å². The molecule has 14 heteroatoms. The summed E-state index contributed by atoms with van der Waals surface area (Å²) in [5, 5.41) is 42.5. The number of aliphatic hydroxyl groups excluding tert-OH is 2. The number of hydrogen-bond donors (Lipinski definition) is 6. The highest BCUT2D eigenvalue weighted by molar-refractivity contribution is 6.08. The molecular weight excluding hydrogens is 865 g/mol. The molecule has 0 aromatic heterocycles. The van der Waals surface area contributed by atoms with Crippen LogP contribution in [0.3, 0.4) is 0 Å². The number of rotatable bonds is 30. The molecule has 4 aromatic carbocycles. The van der Waals surface area contributed by atoms with Crippen LogP contribution in [0.5, 0.6) is 0 Å². The largest absolute Gasteiger partial charge is 0.466 e. The Labute approximate surface area is 402 Å². The molecule has 4 aromatic rings. The molecule has 6 N–H and O–H groups in total. The fraction of sp³-hybridized carbons (Fsp3) is 0.593. The van der Waals surface area contributed by atoms with E-state index >= 15 is 0 Å². The maximum atomic E-state index is 13.3. The summed E-state index contributed by atoms with van der Waals surface area (Å²) in [4.78, 5) is 49.0. The van der Waals surface area contributed by atoms with E-state index in [1.165, 1.54) is 0 Å². The van der Waals surface area contributed by atoms with Crippen molar-refractivity contribution in [3.8, 4) is 0 Å². The first-order valence-electron chi connectivity index (χ1n) is 25.6. The van der Waals surface area contributed by atoms with Crippen molar-refractivity contribution in [2.45, 2.75) is 166 Å². The van der Waals surface area contributed by atoms with E-state index in [1.54, 1.807) is 0 Å². The average molecular weight is 941 g/mol. The van der Waals surface area contributed by atoms with Crippen LogP contribution in [0.1, 0.15) is 153 Å². The summed E-state index contributed by atoms with van der Waals surface area (Å²) in [6.07, 6.45) is 11.0. The molecule has 2 atom stereocenters. The van der Waals surface area contributed by atoms with Crippen molar-refractivity contribution < 1.29 is 48.8 Å². The van der Waals surface area contributed by atoms with Crippen molar-refractivity contribution in [1.82, 2.24) is 0 Å². The minimum Gasteiger partial charge on any atom is -0.466 e. The number of anilines is 4. The van der Waals surface area contributed by atoms with Crippen LogP contribution >= 0.6 is 0 Å². The van der Waals surface area contributed by atoms with Gasteiger partial charge in [-0.15, -0.1) is 0 Å². The lowest BCUT2D eigenvalue weighted by Gasteiger charge is -2.48. The number of esters is 2. The minimum atomic E-state index is -1.20. The van der Waals surface area contributed by atoms with Crippen LogP contribution in [0.25, 0.3) is 21.5 Å². The lowest BCUT2D eigenvalue weighted by Crippen LogP contribution is -2.52. The number of nitrogens with one attached hydrogen (secondary N) is 4. The van der Waals surface area contributed by atoms with Gasteiger partial charge in [0.25, 0.3) is 0 Å². The average Bonchev–Trinajstić information content (AvgIpc) is 3.33. The number of benzene rings is 4. The van der Waals surface area contributed by atoms with E-state index in [1.807, 2.05) is 48.5 Å².